The lowest BCUT2D eigenvalue weighted by molar-refractivity contribution is 1.19. The SMILES string of the molecule is CCc1ccc(-c2nc3nc(N)ccc3[nH]2)s1. The lowest BCUT2D eigenvalue weighted by Crippen LogP contribution is -1.88. The quantitative estimate of drug-likeness (QED) is 0.728. The van der Waals surface area contributed by atoms with Crippen LogP contribution in [0.5, 0.6) is 0 Å². The van der Waals surface area contributed by atoms with Gasteiger partial charge in [-0.2, -0.15) is 0 Å². The number of aromatic nitrogens is 3. The summed E-state index contributed by atoms with van der Waals surface area (Å²) in [7, 11) is 0. The molecule has 0 saturated heterocycles. The Morgan fingerprint density at radius 1 is 1.24 bits per heavy atom. The summed E-state index contributed by atoms with van der Waals surface area (Å²) in [5, 5.41) is 0. The Kier molecular flexibility index (Phi) is 2.33. The van der Waals surface area contributed by atoms with Crippen LogP contribution in [0.15, 0.2) is 24.3 Å². The molecule has 0 amide bonds. The smallest absolute Gasteiger partial charge is 0.180 e. The van der Waals surface area contributed by atoms with Crippen molar-refractivity contribution in [2.45, 2.75) is 13.3 Å². The first kappa shape index (κ1) is 10.3. The van der Waals surface area contributed by atoms with Crippen molar-refractivity contribution in [3.63, 3.8) is 0 Å². The lowest BCUT2D eigenvalue weighted by atomic mass is 10.3. The molecule has 0 aliphatic heterocycles. The van der Waals surface area contributed by atoms with Crippen molar-refractivity contribution in [3.05, 3.63) is 29.1 Å². The van der Waals surface area contributed by atoms with E-state index < -0.39 is 0 Å². The van der Waals surface area contributed by atoms with Crippen molar-refractivity contribution in [3.8, 4) is 10.7 Å². The van der Waals surface area contributed by atoms with Gasteiger partial charge in [-0.3, -0.25) is 0 Å². The average molecular weight is 244 g/mol. The van der Waals surface area contributed by atoms with Gasteiger partial charge in [-0.1, -0.05) is 6.92 Å². The summed E-state index contributed by atoms with van der Waals surface area (Å²) in [5.41, 5.74) is 7.22. The van der Waals surface area contributed by atoms with Crippen LogP contribution in [0, 0.1) is 0 Å². The van der Waals surface area contributed by atoms with Crippen molar-refractivity contribution in [1.29, 1.82) is 0 Å². The van der Waals surface area contributed by atoms with Crippen LogP contribution in [-0.2, 0) is 6.42 Å². The van der Waals surface area contributed by atoms with Crippen molar-refractivity contribution in [2.75, 3.05) is 5.73 Å². The van der Waals surface area contributed by atoms with E-state index in [4.69, 9.17) is 5.73 Å². The minimum absolute atomic E-state index is 0.496. The Morgan fingerprint density at radius 3 is 2.88 bits per heavy atom. The molecule has 0 atom stereocenters. The number of hydrogen-bond acceptors (Lipinski definition) is 4. The highest BCUT2D eigenvalue weighted by Gasteiger charge is 2.08. The normalized spacial score (nSPS) is 11.1. The monoisotopic (exact) mass is 244 g/mol. The van der Waals surface area contributed by atoms with E-state index >= 15 is 0 Å². The number of nitrogens with zero attached hydrogens (tertiary/aromatic N) is 2. The third-order valence-electron chi connectivity index (χ3n) is 2.61. The van der Waals surface area contributed by atoms with Crippen LogP contribution >= 0.6 is 11.3 Å². The van der Waals surface area contributed by atoms with E-state index in [1.165, 1.54) is 4.88 Å². The number of rotatable bonds is 2. The molecule has 3 aromatic heterocycles. The highest BCUT2D eigenvalue weighted by atomic mass is 32.1. The van der Waals surface area contributed by atoms with Crippen LogP contribution in [0.1, 0.15) is 11.8 Å². The van der Waals surface area contributed by atoms with E-state index in [1.807, 2.05) is 6.07 Å². The Balaban J connectivity index is 2.11. The van der Waals surface area contributed by atoms with Crippen LogP contribution in [0.3, 0.4) is 0 Å². The van der Waals surface area contributed by atoms with Crippen LogP contribution in [-0.4, -0.2) is 15.0 Å². The number of imidazole rings is 1. The molecule has 0 aromatic carbocycles. The predicted molar refractivity (Wildman–Crippen MR) is 71.0 cm³/mol. The minimum Gasteiger partial charge on any atom is -0.384 e. The number of aromatic amines is 1. The number of nitrogens with two attached hydrogens (primary N) is 1. The number of hydrogen-bond donors (Lipinski definition) is 2. The van der Waals surface area contributed by atoms with Crippen LogP contribution in [0.4, 0.5) is 5.82 Å². The van der Waals surface area contributed by atoms with Gasteiger partial charge in [0.1, 0.15) is 5.82 Å². The van der Waals surface area contributed by atoms with Crippen LogP contribution < -0.4 is 5.73 Å². The van der Waals surface area contributed by atoms with E-state index in [0.29, 0.717) is 11.5 Å². The van der Waals surface area contributed by atoms with Gasteiger partial charge in [-0.05, 0) is 30.7 Å². The standard InChI is InChI=1S/C12H12N4S/c1-2-7-3-5-9(17-7)12-14-8-4-6-10(13)15-11(8)16-12/h3-6H,2H2,1H3,(H3,13,14,15,16). The zero-order valence-corrected chi connectivity index (χ0v) is 10.2. The molecule has 0 spiro atoms. The number of H-pyrrole nitrogens is 1. The van der Waals surface area contributed by atoms with E-state index in [9.17, 15) is 0 Å². The minimum atomic E-state index is 0.496. The summed E-state index contributed by atoms with van der Waals surface area (Å²) in [6.07, 6.45) is 1.05. The maximum atomic E-state index is 5.64. The number of thiophene rings is 1. The Labute approximate surface area is 103 Å². The maximum absolute atomic E-state index is 5.64. The van der Waals surface area contributed by atoms with Gasteiger partial charge in [-0.15, -0.1) is 11.3 Å². The van der Waals surface area contributed by atoms with E-state index in [-0.39, 0.29) is 0 Å². The predicted octanol–water partition coefficient (Wildman–Crippen LogP) is 2.83. The number of aryl methyl sites for hydroxylation is 1. The molecule has 0 unspecified atom stereocenters. The molecule has 4 nitrogen and oxygen atoms in total. The van der Waals surface area contributed by atoms with Crippen molar-refractivity contribution < 1.29 is 0 Å². The molecule has 3 N–H and O–H groups in total. The van der Waals surface area contributed by atoms with Gasteiger partial charge < -0.3 is 10.7 Å². The molecule has 0 aliphatic rings. The van der Waals surface area contributed by atoms with E-state index in [1.54, 1.807) is 17.4 Å². The zero-order chi connectivity index (χ0) is 11.8. The molecule has 5 heteroatoms. The molecule has 86 valence electrons. The summed E-state index contributed by atoms with van der Waals surface area (Å²) in [5.74, 6) is 1.36. The first-order valence-corrected chi connectivity index (χ1v) is 6.29. The first-order chi connectivity index (χ1) is 8.26. The molecule has 0 radical (unpaired) electrons. The average Bonchev–Trinajstić information content (AvgIpc) is 2.93. The summed E-state index contributed by atoms with van der Waals surface area (Å²) in [6.45, 7) is 2.15. The van der Waals surface area contributed by atoms with Gasteiger partial charge in [0.05, 0.1) is 10.4 Å². The summed E-state index contributed by atoms with van der Waals surface area (Å²) >= 11 is 1.75. The largest absolute Gasteiger partial charge is 0.384 e. The number of fused-ring (bicyclic) bond motifs is 1. The molecule has 3 rings (SSSR count). The molecule has 17 heavy (non-hydrogen) atoms. The highest BCUT2D eigenvalue weighted by Crippen LogP contribution is 2.27. The number of nitrogen functional groups attached to an aromatic ring is 1. The summed E-state index contributed by atoms with van der Waals surface area (Å²) in [4.78, 5) is 14.4. The summed E-state index contributed by atoms with van der Waals surface area (Å²) < 4.78 is 0. The maximum Gasteiger partial charge on any atom is 0.180 e. The Hall–Kier alpha value is -1.88. The lowest BCUT2D eigenvalue weighted by Gasteiger charge is -1.88. The van der Waals surface area contributed by atoms with Crippen molar-refractivity contribution in [1.82, 2.24) is 15.0 Å². The van der Waals surface area contributed by atoms with Gasteiger partial charge in [-0.25, -0.2) is 9.97 Å². The van der Waals surface area contributed by atoms with Crippen LogP contribution in [0.2, 0.25) is 0 Å². The molecule has 3 aromatic rings. The molecule has 0 bridgehead atoms. The van der Waals surface area contributed by atoms with Gasteiger partial charge in [0.2, 0.25) is 0 Å². The number of anilines is 1. The third kappa shape index (κ3) is 1.78. The third-order valence-corrected chi connectivity index (χ3v) is 3.85. The number of nitrogens with one attached hydrogen (secondary N) is 1. The van der Waals surface area contributed by atoms with Crippen molar-refractivity contribution >= 4 is 28.3 Å². The molecule has 3 heterocycles. The second-order valence-electron chi connectivity index (χ2n) is 3.81. The topological polar surface area (TPSA) is 67.6 Å². The van der Waals surface area contributed by atoms with Gasteiger partial charge in [0.25, 0.3) is 0 Å². The highest BCUT2D eigenvalue weighted by molar-refractivity contribution is 7.15. The Morgan fingerprint density at radius 2 is 2.12 bits per heavy atom. The van der Waals surface area contributed by atoms with E-state index in [0.717, 1.165) is 22.6 Å². The second kappa shape index (κ2) is 3.85. The molecular formula is C12H12N4S. The first-order valence-electron chi connectivity index (χ1n) is 5.47. The fourth-order valence-electron chi connectivity index (χ4n) is 1.72. The number of pyridine rings is 1. The molecule has 0 saturated carbocycles. The second-order valence-corrected chi connectivity index (χ2v) is 4.98. The van der Waals surface area contributed by atoms with Gasteiger partial charge in [0.15, 0.2) is 11.5 Å². The van der Waals surface area contributed by atoms with Gasteiger partial charge in [0, 0.05) is 4.88 Å². The summed E-state index contributed by atoms with van der Waals surface area (Å²) in [6, 6.07) is 7.90. The molecule has 0 fully saturated rings. The van der Waals surface area contributed by atoms with Crippen molar-refractivity contribution in [2.24, 2.45) is 0 Å². The molecule has 0 aliphatic carbocycles. The fraction of sp³-hybridized carbons (Fsp3) is 0.167. The fourth-order valence-corrected chi connectivity index (χ4v) is 2.61. The van der Waals surface area contributed by atoms with Gasteiger partial charge >= 0.3 is 0 Å². The molecular weight excluding hydrogens is 232 g/mol. The van der Waals surface area contributed by atoms with Crippen LogP contribution in [0.25, 0.3) is 21.9 Å². The van der Waals surface area contributed by atoms with E-state index in [2.05, 4.69) is 34.0 Å². The Bertz CT molecular complexity index is 668. The zero-order valence-electron chi connectivity index (χ0n) is 9.40.